The maximum absolute atomic E-state index is 12.3. The monoisotopic (exact) mass is 976 g/mol. The standard InChI is InChI=1S/C21H28ClNO2S.C20H25ClN2O3S.3C4H10/c1-21(2,3)25-20(24)19-12-11-18(26-19)10-6-14-23-13-5-8-16-7-4-9-17(22)15-16;1-2-22-20(26)23(12-4-7-15-6-3-8-16(21)14-15)13-5-9-17-10-11-18(27-17)19(24)25;3*1-4(2)3/h4,7,9,11-12,15,23H,5-6,8,10,13-14H2,1-3H3;3,6,8,10-11,14H,2,4-5,7,9,12-13H2,1H3,(H,22,26)(H,24,25);3*4H,1-3H3. The zero-order chi connectivity index (χ0) is 49.4. The Morgan fingerprint density at radius 1 is 0.646 bits per heavy atom. The predicted molar refractivity (Wildman–Crippen MR) is 282 cm³/mol. The van der Waals surface area contributed by atoms with Gasteiger partial charge in [0.2, 0.25) is 0 Å². The van der Waals surface area contributed by atoms with Crippen LogP contribution in [0.4, 0.5) is 4.79 Å². The Kier molecular flexibility index (Phi) is 33.9. The van der Waals surface area contributed by atoms with Crippen LogP contribution in [0.15, 0.2) is 72.8 Å². The average molecular weight is 977 g/mol. The highest BCUT2D eigenvalue weighted by Crippen LogP contribution is 2.22. The number of carboxylic acid groups (broad SMARTS) is 1. The van der Waals surface area contributed by atoms with E-state index in [2.05, 4.69) is 79.0 Å². The van der Waals surface area contributed by atoms with Crippen molar-refractivity contribution < 1.29 is 24.2 Å². The summed E-state index contributed by atoms with van der Waals surface area (Å²) in [6, 6.07) is 23.2. The highest BCUT2D eigenvalue weighted by Gasteiger charge is 2.19. The number of esters is 1. The molecule has 0 saturated heterocycles. The first-order chi connectivity index (χ1) is 30.5. The lowest BCUT2D eigenvalue weighted by Gasteiger charge is -2.23. The molecule has 0 atom stereocenters. The lowest BCUT2D eigenvalue weighted by Crippen LogP contribution is -2.41. The molecule has 2 heterocycles. The van der Waals surface area contributed by atoms with Crippen LogP contribution in [0.2, 0.25) is 10.0 Å². The molecule has 0 unspecified atom stereocenters. The molecule has 2 amide bonds. The minimum absolute atomic E-state index is 0.0546. The summed E-state index contributed by atoms with van der Waals surface area (Å²) in [6.07, 6.45) is 7.47. The number of hydrogen-bond donors (Lipinski definition) is 3. The van der Waals surface area contributed by atoms with E-state index in [0.29, 0.717) is 29.4 Å². The quantitative estimate of drug-likeness (QED) is 0.0638. The number of nitrogens with zero attached hydrogens (tertiary/aromatic N) is 1. The molecule has 0 aliphatic rings. The Balaban J connectivity index is 0.00000101. The number of carboxylic acids is 1. The van der Waals surface area contributed by atoms with E-state index in [9.17, 15) is 14.4 Å². The number of benzene rings is 2. The number of hydrogen-bond acceptors (Lipinski definition) is 7. The summed E-state index contributed by atoms with van der Waals surface area (Å²) in [5.41, 5.74) is 2.00. The zero-order valence-electron chi connectivity index (χ0n) is 42.0. The molecule has 2 aromatic carbocycles. The van der Waals surface area contributed by atoms with Gasteiger partial charge in [-0.05, 0) is 170 Å². The summed E-state index contributed by atoms with van der Waals surface area (Å²) in [4.78, 5) is 40.4. The van der Waals surface area contributed by atoms with E-state index in [0.717, 1.165) is 103 Å². The van der Waals surface area contributed by atoms with Crippen molar-refractivity contribution >= 4 is 63.8 Å². The highest BCUT2D eigenvalue weighted by molar-refractivity contribution is 7.14. The number of carbonyl (C=O) groups is 3. The fourth-order valence-electron chi connectivity index (χ4n) is 5.39. The highest BCUT2D eigenvalue weighted by atomic mass is 35.5. The Morgan fingerprint density at radius 2 is 1.06 bits per heavy atom. The van der Waals surface area contributed by atoms with Gasteiger partial charge in [-0.25, -0.2) is 14.4 Å². The van der Waals surface area contributed by atoms with Crippen molar-refractivity contribution in [2.75, 3.05) is 32.7 Å². The molecule has 0 spiro atoms. The van der Waals surface area contributed by atoms with Gasteiger partial charge in [-0.15, -0.1) is 22.7 Å². The van der Waals surface area contributed by atoms with E-state index in [1.807, 2.05) is 93.3 Å². The minimum atomic E-state index is -0.892. The van der Waals surface area contributed by atoms with E-state index < -0.39 is 11.6 Å². The summed E-state index contributed by atoms with van der Waals surface area (Å²) in [6.45, 7) is 30.9. The number of ether oxygens (including phenoxy) is 1. The van der Waals surface area contributed by atoms with E-state index in [1.165, 1.54) is 33.1 Å². The third-order valence-electron chi connectivity index (χ3n) is 7.87. The van der Waals surface area contributed by atoms with Gasteiger partial charge in [0.1, 0.15) is 15.4 Å². The van der Waals surface area contributed by atoms with Crippen molar-refractivity contribution in [1.29, 1.82) is 0 Å². The van der Waals surface area contributed by atoms with Crippen LogP contribution in [-0.4, -0.2) is 66.3 Å². The van der Waals surface area contributed by atoms with E-state index >= 15 is 0 Å². The molecule has 8 nitrogen and oxygen atoms in total. The largest absolute Gasteiger partial charge is 0.477 e. The summed E-state index contributed by atoms with van der Waals surface area (Å²) in [5, 5.41) is 16.9. The number of amides is 2. The van der Waals surface area contributed by atoms with E-state index in [4.69, 9.17) is 33.0 Å². The smallest absolute Gasteiger partial charge is 0.348 e. The first-order valence-corrected chi connectivity index (χ1v) is 25.8. The maximum atomic E-state index is 12.3. The number of thiophene rings is 2. The van der Waals surface area contributed by atoms with Gasteiger partial charge in [-0.2, -0.15) is 0 Å². The van der Waals surface area contributed by atoms with Crippen LogP contribution in [0, 0.1) is 17.8 Å². The third kappa shape index (κ3) is 35.5. The van der Waals surface area contributed by atoms with Gasteiger partial charge >= 0.3 is 18.0 Å². The molecule has 0 saturated carbocycles. The van der Waals surface area contributed by atoms with Crippen LogP contribution in [-0.2, 0) is 30.4 Å². The zero-order valence-corrected chi connectivity index (χ0v) is 45.1. The lowest BCUT2D eigenvalue weighted by molar-refractivity contribution is 0.00748. The minimum Gasteiger partial charge on any atom is -0.477 e. The second-order valence-corrected chi connectivity index (χ2v) is 22.0. The van der Waals surface area contributed by atoms with Crippen molar-refractivity contribution in [3.8, 4) is 0 Å². The van der Waals surface area contributed by atoms with Crippen molar-refractivity contribution in [2.45, 2.75) is 147 Å². The number of aromatic carboxylic acids is 1. The Morgan fingerprint density at radius 3 is 1.49 bits per heavy atom. The van der Waals surface area contributed by atoms with Gasteiger partial charge in [0.05, 0.1) is 0 Å². The normalized spacial score (nSPS) is 10.7. The molecule has 12 heteroatoms. The summed E-state index contributed by atoms with van der Waals surface area (Å²) in [5.74, 6) is 1.38. The van der Waals surface area contributed by atoms with Crippen LogP contribution in [0.25, 0.3) is 0 Å². The second-order valence-electron chi connectivity index (χ2n) is 18.8. The van der Waals surface area contributed by atoms with Gasteiger partial charge in [0, 0.05) is 39.4 Å². The third-order valence-corrected chi connectivity index (χ3v) is 10.6. The van der Waals surface area contributed by atoms with Crippen molar-refractivity contribution in [3.05, 3.63) is 113 Å². The SMILES string of the molecule is CC(C)(C)OC(=O)c1ccc(CCCNCCCc2cccc(Cl)c2)s1.CC(C)C.CC(C)C.CC(C)C.CCNC(=O)N(CCCc1cccc(Cl)c1)CCCc1ccc(C(=O)O)s1. The number of aryl methyl sites for hydroxylation is 4. The molecule has 4 aromatic rings. The molecule has 366 valence electrons. The first-order valence-electron chi connectivity index (χ1n) is 23.4. The Hall–Kier alpha value is -3.41. The summed E-state index contributed by atoms with van der Waals surface area (Å²) < 4.78 is 5.40. The molecule has 0 radical (unpaired) electrons. The van der Waals surface area contributed by atoms with E-state index in [1.54, 1.807) is 6.07 Å². The van der Waals surface area contributed by atoms with E-state index in [-0.39, 0.29) is 12.0 Å². The fraction of sp³-hybridized carbons (Fsp3) is 0.566. The number of halogens is 2. The van der Waals surface area contributed by atoms with Gasteiger partial charge in [-0.1, -0.05) is 110 Å². The van der Waals surface area contributed by atoms with Crippen molar-refractivity contribution in [3.63, 3.8) is 0 Å². The predicted octanol–water partition coefficient (Wildman–Crippen LogP) is 15.2. The number of carbonyl (C=O) groups excluding carboxylic acids is 2. The van der Waals surface area contributed by atoms with Crippen LogP contribution in [0.5, 0.6) is 0 Å². The molecule has 0 fully saturated rings. The average Bonchev–Trinajstić information content (AvgIpc) is 3.87. The molecule has 0 bridgehead atoms. The fourth-order valence-corrected chi connectivity index (χ4v) is 7.63. The molecular weight excluding hydrogens is 894 g/mol. The number of nitrogens with one attached hydrogen (secondary N) is 2. The molecule has 3 N–H and O–H groups in total. The Bertz CT molecular complexity index is 1850. The van der Waals surface area contributed by atoms with Crippen molar-refractivity contribution in [1.82, 2.24) is 15.5 Å². The molecule has 0 aliphatic carbocycles. The Labute approximate surface area is 412 Å². The number of rotatable bonds is 19. The van der Waals surface area contributed by atoms with Crippen molar-refractivity contribution in [2.24, 2.45) is 17.8 Å². The lowest BCUT2D eigenvalue weighted by atomic mass is 10.1. The first kappa shape index (κ1) is 61.6. The summed E-state index contributed by atoms with van der Waals surface area (Å²) >= 11 is 14.8. The van der Waals surface area contributed by atoms with Crippen LogP contribution >= 0.6 is 45.9 Å². The van der Waals surface area contributed by atoms with Crippen LogP contribution in [0.3, 0.4) is 0 Å². The van der Waals surface area contributed by atoms with Gasteiger partial charge in [0.25, 0.3) is 0 Å². The maximum Gasteiger partial charge on any atom is 0.348 e. The molecule has 0 aliphatic heterocycles. The van der Waals surface area contributed by atoms with Crippen LogP contribution in [0.1, 0.15) is 156 Å². The van der Waals surface area contributed by atoms with Crippen LogP contribution < -0.4 is 10.6 Å². The van der Waals surface area contributed by atoms with Gasteiger partial charge in [-0.3, -0.25) is 0 Å². The second kappa shape index (κ2) is 35.7. The summed E-state index contributed by atoms with van der Waals surface area (Å²) in [7, 11) is 0. The molecule has 65 heavy (non-hydrogen) atoms. The van der Waals surface area contributed by atoms with Gasteiger partial charge in [0.15, 0.2) is 0 Å². The topological polar surface area (TPSA) is 108 Å². The number of urea groups is 1. The molecule has 2 aromatic heterocycles. The van der Waals surface area contributed by atoms with Gasteiger partial charge < -0.3 is 25.4 Å². The molecular formula is C53H83Cl2N3O5S2. The molecule has 4 rings (SSSR count).